The summed E-state index contributed by atoms with van der Waals surface area (Å²) in [6.45, 7) is 7.16. The van der Waals surface area contributed by atoms with E-state index in [0.717, 1.165) is 25.4 Å². The summed E-state index contributed by atoms with van der Waals surface area (Å²) in [6, 6.07) is 0. The number of nitrogens with one attached hydrogen (secondary N) is 1. The van der Waals surface area contributed by atoms with Gasteiger partial charge in [0.25, 0.3) is 0 Å². The van der Waals surface area contributed by atoms with Crippen molar-refractivity contribution >= 4 is 0 Å². The molecule has 0 amide bonds. The van der Waals surface area contributed by atoms with E-state index in [1.807, 2.05) is 11.7 Å². The molecule has 1 unspecified atom stereocenters. The molecule has 1 fully saturated rings. The van der Waals surface area contributed by atoms with Crippen LogP contribution in [0.5, 0.6) is 0 Å². The van der Waals surface area contributed by atoms with Crippen LogP contribution in [0, 0.1) is 13.8 Å². The van der Waals surface area contributed by atoms with Crippen molar-refractivity contribution in [2.24, 2.45) is 7.05 Å². The largest absolute Gasteiger partial charge is 0.378 e. The third-order valence-electron chi connectivity index (χ3n) is 3.86. The number of aryl methyl sites for hydroxylation is 2. The predicted molar refractivity (Wildman–Crippen MR) is 72.6 cm³/mol. The average molecular weight is 251 g/mol. The van der Waals surface area contributed by atoms with Crippen LogP contribution in [0.2, 0.25) is 0 Å². The van der Waals surface area contributed by atoms with Gasteiger partial charge in [-0.15, -0.1) is 0 Å². The lowest BCUT2D eigenvalue weighted by Gasteiger charge is -2.09. The molecule has 1 aromatic rings. The van der Waals surface area contributed by atoms with Gasteiger partial charge in [0, 0.05) is 31.5 Å². The molecule has 0 saturated carbocycles. The standard InChI is InChI=1S/C14H25N3O/c1-11-14(12(2)17(3)16-11)10-15-8-4-6-13-7-5-9-18-13/h13,15H,4-10H2,1-3H3. The maximum absolute atomic E-state index is 5.62. The molecule has 0 aromatic carbocycles. The molecule has 2 rings (SSSR count). The van der Waals surface area contributed by atoms with Crippen LogP contribution in [0.15, 0.2) is 0 Å². The van der Waals surface area contributed by atoms with Gasteiger partial charge in [-0.05, 0) is 46.1 Å². The summed E-state index contributed by atoms with van der Waals surface area (Å²) in [6.07, 6.45) is 5.40. The summed E-state index contributed by atoms with van der Waals surface area (Å²) < 4.78 is 7.58. The third kappa shape index (κ3) is 3.33. The highest BCUT2D eigenvalue weighted by molar-refractivity contribution is 5.23. The highest BCUT2D eigenvalue weighted by Crippen LogP contribution is 2.16. The summed E-state index contributed by atoms with van der Waals surface area (Å²) in [4.78, 5) is 0. The second kappa shape index (κ2) is 6.34. The molecular weight excluding hydrogens is 226 g/mol. The van der Waals surface area contributed by atoms with Crippen molar-refractivity contribution in [3.05, 3.63) is 17.0 Å². The minimum Gasteiger partial charge on any atom is -0.378 e. The minimum atomic E-state index is 0.522. The molecule has 18 heavy (non-hydrogen) atoms. The van der Waals surface area contributed by atoms with Gasteiger partial charge in [0.15, 0.2) is 0 Å². The molecule has 4 nitrogen and oxygen atoms in total. The molecule has 1 aliphatic rings. The van der Waals surface area contributed by atoms with Gasteiger partial charge in [0.1, 0.15) is 0 Å². The number of ether oxygens (including phenoxy) is 1. The van der Waals surface area contributed by atoms with E-state index in [0.29, 0.717) is 6.10 Å². The molecule has 1 saturated heterocycles. The van der Waals surface area contributed by atoms with E-state index in [-0.39, 0.29) is 0 Å². The zero-order valence-electron chi connectivity index (χ0n) is 11.8. The maximum Gasteiger partial charge on any atom is 0.0641 e. The summed E-state index contributed by atoms with van der Waals surface area (Å²) in [5.41, 5.74) is 3.75. The van der Waals surface area contributed by atoms with Gasteiger partial charge in [-0.3, -0.25) is 4.68 Å². The number of aromatic nitrogens is 2. The van der Waals surface area contributed by atoms with E-state index >= 15 is 0 Å². The minimum absolute atomic E-state index is 0.522. The Hall–Kier alpha value is -0.870. The van der Waals surface area contributed by atoms with E-state index in [1.54, 1.807) is 0 Å². The van der Waals surface area contributed by atoms with Gasteiger partial charge in [-0.2, -0.15) is 5.10 Å². The molecular formula is C14H25N3O. The summed E-state index contributed by atoms with van der Waals surface area (Å²) in [5.74, 6) is 0. The Balaban J connectivity index is 1.65. The highest BCUT2D eigenvalue weighted by Gasteiger charge is 2.14. The first kappa shape index (κ1) is 13.6. The molecule has 0 bridgehead atoms. The van der Waals surface area contributed by atoms with Gasteiger partial charge in [0.2, 0.25) is 0 Å². The van der Waals surface area contributed by atoms with Crippen LogP contribution in [-0.4, -0.2) is 29.0 Å². The number of nitrogens with zero attached hydrogens (tertiary/aromatic N) is 2. The monoisotopic (exact) mass is 251 g/mol. The lowest BCUT2D eigenvalue weighted by molar-refractivity contribution is 0.102. The fraction of sp³-hybridized carbons (Fsp3) is 0.786. The topological polar surface area (TPSA) is 39.1 Å². The second-order valence-electron chi connectivity index (χ2n) is 5.23. The lowest BCUT2D eigenvalue weighted by atomic mass is 10.1. The summed E-state index contributed by atoms with van der Waals surface area (Å²) in [7, 11) is 2.00. The van der Waals surface area contributed by atoms with Gasteiger partial charge in [-0.1, -0.05) is 0 Å². The molecule has 4 heteroatoms. The van der Waals surface area contributed by atoms with E-state index < -0.39 is 0 Å². The summed E-state index contributed by atoms with van der Waals surface area (Å²) >= 11 is 0. The number of hydrogen-bond donors (Lipinski definition) is 1. The second-order valence-corrected chi connectivity index (χ2v) is 5.23. The Morgan fingerprint density at radius 3 is 2.89 bits per heavy atom. The van der Waals surface area contributed by atoms with E-state index in [9.17, 15) is 0 Å². The molecule has 1 atom stereocenters. The fourth-order valence-corrected chi connectivity index (χ4v) is 2.61. The van der Waals surface area contributed by atoms with E-state index in [1.165, 1.54) is 36.9 Å². The molecule has 1 aromatic heterocycles. The van der Waals surface area contributed by atoms with Crippen molar-refractivity contribution in [1.29, 1.82) is 0 Å². The number of hydrogen-bond acceptors (Lipinski definition) is 3. The Labute approximate surface area is 110 Å². The highest BCUT2D eigenvalue weighted by atomic mass is 16.5. The van der Waals surface area contributed by atoms with Crippen molar-refractivity contribution < 1.29 is 4.74 Å². The SMILES string of the molecule is Cc1nn(C)c(C)c1CNCCCC1CCCO1. The fourth-order valence-electron chi connectivity index (χ4n) is 2.61. The van der Waals surface area contributed by atoms with E-state index in [2.05, 4.69) is 24.3 Å². The molecule has 1 N–H and O–H groups in total. The Bertz CT molecular complexity index is 381. The van der Waals surface area contributed by atoms with Gasteiger partial charge in [-0.25, -0.2) is 0 Å². The zero-order valence-corrected chi connectivity index (χ0v) is 11.8. The number of rotatable bonds is 6. The van der Waals surface area contributed by atoms with Crippen LogP contribution in [0.25, 0.3) is 0 Å². The summed E-state index contributed by atoms with van der Waals surface area (Å²) in [5, 5.41) is 7.94. The zero-order chi connectivity index (χ0) is 13.0. The van der Waals surface area contributed by atoms with Gasteiger partial charge < -0.3 is 10.1 Å². The molecule has 0 radical (unpaired) electrons. The van der Waals surface area contributed by atoms with Crippen LogP contribution in [0.1, 0.15) is 42.6 Å². The first-order valence-corrected chi connectivity index (χ1v) is 7.00. The van der Waals surface area contributed by atoms with Crippen LogP contribution in [0.4, 0.5) is 0 Å². The average Bonchev–Trinajstić information content (AvgIpc) is 2.92. The van der Waals surface area contributed by atoms with Crippen molar-refractivity contribution in [2.75, 3.05) is 13.2 Å². The molecule has 1 aliphatic heterocycles. The van der Waals surface area contributed by atoms with Crippen LogP contribution in [-0.2, 0) is 18.3 Å². The van der Waals surface area contributed by atoms with Crippen molar-refractivity contribution in [3.8, 4) is 0 Å². The predicted octanol–water partition coefficient (Wildman–Crippen LogP) is 2.09. The van der Waals surface area contributed by atoms with Gasteiger partial charge >= 0.3 is 0 Å². The molecule has 2 heterocycles. The molecule has 0 aliphatic carbocycles. The first-order chi connectivity index (χ1) is 8.68. The Kier molecular flexibility index (Phi) is 4.78. The van der Waals surface area contributed by atoms with Crippen LogP contribution < -0.4 is 5.32 Å². The third-order valence-corrected chi connectivity index (χ3v) is 3.86. The van der Waals surface area contributed by atoms with E-state index in [4.69, 9.17) is 4.74 Å². The Morgan fingerprint density at radius 2 is 2.28 bits per heavy atom. The van der Waals surface area contributed by atoms with Gasteiger partial charge in [0.05, 0.1) is 11.8 Å². The van der Waals surface area contributed by atoms with Crippen molar-refractivity contribution in [1.82, 2.24) is 15.1 Å². The van der Waals surface area contributed by atoms with Crippen LogP contribution in [0.3, 0.4) is 0 Å². The quantitative estimate of drug-likeness (QED) is 0.787. The maximum atomic E-state index is 5.62. The Morgan fingerprint density at radius 1 is 1.44 bits per heavy atom. The van der Waals surface area contributed by atoms with Crippen LogP contribution >= 0.6 is 0 Å². The molecule has 102 valence electrons. The van der Waals surface area contributed by atoms with Crippen molar-refractivity contribution in [2.45, 2.75) is 52.2 Å². The van der Waals surface area contributed by atoms with Crippen molar-refractivity contribution in [3.63, 3.8) is 0 Å². The first-order valence-electron chi connectivity index (χ1n) is 7.00. The normalized spacial score (nSPS) is 19.6. The smallest absolute Gasteiger partial charge is 0.0641 e. The molecule has 0 spiro atoms. The lowest BCUT2D eigenvalue weighted by Crippen LogP contribution is -2.17.